The fourth-order valence-corrected chi connectivity index (χ4v) is 2.13. The lowest BCUT2D eigenvalue weighted by atomic mass is 10.2. The van der Waals surface area contributed by atoms with E-state index in [-0.39, 0.29) is 23.8 Å². The Morgan fingerprint density at radius 2 is 2.32 bits per heavy atom. The zero-order valence-electron chi connectivity index (χ0n) is 10.5. The third kappa shape index (κ3) is 3.21. The quantitative estimate of drug-likeness (QED) is 0.482. The molecule has 1 aliphatic heterocycles. The maximum Gasteiger partial charge on any atom is 0.276 e. The number of hydrogen-bond acceptors (Lipinski definition) is 5. The number of hydrogen-bond donors (Lipinski definition) is 0. The molecule has 1 aliphatic rings. The second-order valence-electron chi connectivity index (χ2n) is 4.28. The molecule has 19 heavy (non-hydrogen) atoms. The highest BCUT2D eigenvalue weighted by molar-refractivity contribution is 6.48. The SMILES string of the molecule is C[Si](C)OCC1COc2cc([N+](=O)[O-])cc(F)c2O1. The van der Waals surface area contributed by atoms with Gasteiger partial charge in [0, 0.05) is 0 Å². The molecule has 1 aromatic carbocycles. The number of ether oxygens (including phenoxy) is 2. The standard InChI is InChI=1S/C11H13FNO5Si/c1-19(2)17-6-8-5-16-10-4-7(13(14)15)3-9(12)11(10)18-8/h3-4,8H,5-6H2,1-2H3. The Balaban J connectivity index is 2.15. The van der Waals surface area contributed by atoms with Crippen LogP contribution in [0.2, 0.25) is 13.1 Å². The highest BCUT2D eigenvalue weighted by Gasteiger charge is 2.27. The molecular weight excluding hydrogens is 273 g/mol. The van der Waals surface area contributed by atoms with Gasteiger partial charge in [-0.25, -0.2) is 4.39 Å². The van der Waals surface area contributed by atoms with E-state index in [1.54, 1.807) is 0 Å². The Hall–Kier alpha value is -1.67. The molecule has 6 nitrogen and oxygen atoms in total. The molecule has 1 radical (unpaired) electrons. The minimum atomic E-state index is -0.856. The van der Waals surface area contributed by atoms with Crippen molar-refractivity contribution in [2.45, 2.75) is 19.2 Å². The smallest absolute Gasteiger partial charge is 0.276 e. The summed E-state index contributed by atoms with van der Waals surface area (Å²) in [6.45, 7) is 4.46. The van der Waals surface area contributed by atoms with Gasteiger partial charge < -0.3 is 13.9 Å². The van der Waals surface area contributed by atoms with Crippen molar-refractivity contribution in [1.82, 2.24) is 0 Å². The first-order valence-electron chi connectivity index (χ1n) is 5.67. The van der Waals surface area contributed by atoms with Crippen molar-refractivity contribution in [3.05, 3.63) is 28.1 Å². The van der Waals surface area contributed by atoms with Crippen LogP contribution in [-0.2, 0) is 4.43 Å². The van der Waals surface area contributed by atoms with E-state index >= 15 is 0 Å². The number of nitro groups is 1. The van der Waals surface area contributed by atoms with E-state index in [9.17, 15) is 14.5 Å². The molecule has 0 fully saturated rings. The lowest BCUT2D eigenvalue weighted by Crippen LogP contribution is -2.35. The summed E-state index contributed by atoms with van der Waals surface area (Å²) in [6.07, 6.45) is -0.400. The molecule has 0 amide bonds. The van der Waals surface area contributed by atoms with Crippen LogP contribution in [0, 0.1) is 15.9 Å². The van der Waals surface area contributed by atoms with Crippen molar-refractivity contribution in [3.63, 3.8) is 0 Å². The fourth-order valence-electron chi connectivity index (χ4n) is 1.61. The van der Waals surface area contributed by atoms with Crippen LogP contribution in [0.4, 0.5) is 10.1 Å². The Labute approximate surface area is 111 Å². The lowest BCUT2D eigenvalue weighted by Gasteiger charge is -2.26. The van der Waals surface area contributed by atoms with Gasteiger partial charge in [-0.3, -0.25) is 10.1 Å². The molecule has 2 rings (SSSR count). The first-order chi connectivity index (χ1) is 8.97. The summed E-state index contributed by atoms with van der Waals surface area (Å²) in [5.74, 6) is -0.833. The van der Waals surface area contributed by atoms with Crippen molar-refractivity contribution < 1.29 is 23.2 Å². The molecule has 0 aliphatic carbocycles. The van der Waals surface area contributed by atoms with Gasteiger partial charge in [-0.2, -0.15) is 0 Å². The van der Waals surface area contributed by atoms with E-state index in [1.165, 1.54) is 0 Å². The molecule has 0 aromatic heterocycles. The normalized spacial score (nSPS) is 17.6. The molecule has 0 saturated carbocycles. The van der Waals surface area contributed by atoms with Crippen molar-refractivity contribution in [3.8, 4) is 11.5 Å². The Kier molecular flexibility index (Phi) is 4.01. The Morgan fingerprint density at radius 3 is 2.95 bits per heavy atom. The minimum Gasteiger partial charge on any atom is -0.485 e. The molecule has 8 heteroatoms. The predicted molar refractivity (Wildman–Crippen MR) is 66.4 cm³/mol. The molecule has 1 unspecified atom stereocenters. The number of fused-ring (bicyclic) bond motifs is 1. The van der Waals surface area contributed by atoms with Gasteiger partial charge in [0.2, 0.25) is 9.04 Å². The van der Waals surface area contributed by atoms with E-state index in [1.807, 2.05) is 13.1 Å². The third-order valence-corrected chi connectivity index (χ3v) is 3.22. The Morgan fingerprint density at radius 1 is 1.58 bits per heavy atom. The number of benzene rings is 1. The van der Waals surface area contributed by atoms with Gasteiger partial charge in [-0.05, 0) is 13.1 Å². The summed E-state index contributed by atoms with van der Waals surface area (Å²) < 4.78 is 29.9. The first kappa shape index (κ1) is 13.8. The predicted octanol–water partition coefficient (Wildman–Crippen LogP) is 2.14. The average Bonchev–Trinajstić information content (AvgIpc) is 2.36. The second-order valence-corrected chi connectivity index (χ2v) is 6.39. The zero-order valence-corrected chi connectivity index (χ0v) is 11.5. The number of nitrogens with zero attached hydrogens (tertiary/aromatic N) is 1. The summed E-state index contributed by atoms with van der Waals surface area (Å²) in [6, 6.07) is 1.98. The molecule has 1 aromatic rings. The summed E-state index contributed by atoms with van der Waals surface area (Å²) >= 11 is 0. The zero-order chi connectivity index (χ0) is 14.0. The van der Waals surface area contributed by atoms with Gasteiger partial charge in [-0.1, -0.05) is 0 Å². The average molecular weight is 286 g/mol. The molecule has 1 atom stereocenters. The molecule has 0 saturated heterocycles. The largest absolute Gasteiger partial charge is 0.485 e. The van der Waals surface area contributed by atoms with Crippen molar-refractivity contribution in [1.29, 1.82) is 0 Å². The van der Waals surface area contributed by atoms with Crippen LogP contribution in [0.3, 0.4) is 0 Å². The number of nitro benzene ring substituents is 1. The van der Waals surface area contributed by atoms with E-state index in [0.717, 1.165) is 12.1 Å². The topological polar surface area (TPSA) is 70.8 Å². The maximum absolute atomic E-state index is 13.7. The molecule has 0 bridgehead atoms. The van der Waals surface area contributed by atoms with Crippen LogP contribution in [0.25, 0.3) is 0 Å². The second kappa shape index (κ2) is 5.53. The van der Waals surface area contributed by atoms with Gasteiger partial charge in [0.25, 0.3) is 5.69 Å². The van der Waals surface area contributed by atoms with Gasteiger partial charge in [-0.15, -0.1) is 0 Å². The number of halogens is 1. The van der Waals surface area contributed by atoms with Crippen LogP contribution < -0.4 is 9.47 Å². The molecular formula is C11H13FNO5Si. The maximum atomic E-state index is 13.7. The molecule has 0 N–H and O–H groups in total. The van der Waals surface area contributed by atoms with Crippen molar-refractivity contribution in [2.75, 3.05) is 13.2 Å². The molecule has 1 heterocycles. The summed E-state index contributed by atoms with van der Waals surface area (Å²) in [5.41, 5.74) is -0.359. The summed E-state index contributed by atoms with van der Waals surface area (Å²) in [7, 11) is -0.856. The molecule has 0 spiro atoms. The highest BCUT2D eigenvalue weighted by Crippen LogP contribution is 2.37. The highest BCUT2D eigenvalue weighted by atomic mass is 28.3. The van der Waals surface area contributed by atoms with Gasteiger partial charge in [0.05, 0.1) is 23.7 Å². The van der Waals surface area contributed by atoms with Crippen LogP contribution >= 0.6 is 0 Å². The van der Waals surface area contributed by atoms with E-state index in [4.69, 9.17) is 13.9 Å². The van der Waals surface area contributed by atoms with Crippen LogP contribution in [0.5, 0.6) is 11.5 Å². The van der Waals surface area contributed by atoms with Gasteiger partial charge >= 0.3 is 0 Å². The van der Waals surface area contributed by atoms with Crippen molar-refractivity contribution >= 4 is 14.7 Å². The first-order valence-corrected chi connectivity index (χ1v) is 8.08. The summed E-state index contributed by atoms with van der Waals surface area (Å²) in [4.78, 5) is 9.93. The molecule has 103 valence electrons. The van der Waals surface area contributed by atoms with Crippen LogP contribution in [0.15, 0.2) is 12.1 Å². The number of rotatable bonds is 4. The Bertz CT molecular complexity index is 496. The minimum absolute atomic E-state index is 0.0569. The van der Waals surface area contributed by atoms with Crippen molar-refractivity contribution in [2.24, 2.45) is 0 Å². The van der Waals surface area contributed by atoms with Gasteiger partial charge in [0.1, 0.15) is 6.61 Å². The van der Waals surface area contributed by atoms with Gasteiger partial charge in [0.15, 0.2) is 23.4 Å². The van der Waals surface area contributed by atoms with Crippen LogP contribution in [0.1, 0.15) is 0 Å². The fraction of sp³-hybridized carbons (Fsp3) is 0.455. The third-order valence-electron chi connectivity index (χ3n) is 2.47. The summed E-state index contributed by atoms with van der Waals surface area (Å²) in [5, 5.41) is 10.6. The lowest BCUT2D eigenvalue weighted by molar-refractivity contribution is -0.385. The number of non-ortho nitro benzene ring substituents is 1. The monoisotopic (exact) mass is 286 g/mol. The van der Waals surface area contributed by atoms with Crippen LogP contribution in [-0.4, -0.2) is 33.3 Å². The van der Waals surface area contributed by atoms with E-state index in [2.05, 4.69) is 0 Å². The van der Waals surface area contributed by atoms with E-state index < -0.39 is 25.9 Å². The van der Waals surface area contributed by atoms with E-state index in [0.29, 0.717) is 6.61 Å².